The van der Waals surface area contributed by atoms with E-state index in [1.54, 1.807) is 19.0 Å². The number of phenols is 1. The van der Waals surface area contributed by atoms with Crippen LogP contribution in [0.1, 0.15) is 0 Å². The van der Waals surface area contributed by atoms with E-state index in [0.717, 1.165) is 0 Å². The number of hydrogen-bond donors (Lipinski definition) is 1. The number of rotatable bonds is 1. The Morgan fingerprint density at radius 2 is 2.00 bits per heavy atom. The zero-order valence-electron chi connectivity index (χ0n) is 6.53. The van der Waals surface area contributed by atoms with Crippen LogP contribution in [0.2, 0.25) is 0 Å². The SMILES string of the molecule is CN(C)c1cc(O)ccc1[O-]. The van der Waals surface area contributed by atoms with E-state index in [-0.39, 0.29) is 11.5 Å². The zero-order chi connectivity index (χ0) is 8.43. The van der Waals surface area contributed by atoms with Crippen LogP contribution in [0.3, 0.4) is 0 Å². The Balaban J connectivity index is 3.13. The molecule has 0 fully saturated rings. The Labute approximate surface area is 65.5 Å². The van der Waals surface area contributed by atoms with Gasteiger partial charge in [0.15, 0.2) is 0 Å². The minimum Gasteiger partial charge on any atom is -0.871 e. The number of benzene rings is 1. The van der Waals surface area contributed by atoms with Crippen molar-refractivity contribution >= 4 is 5.69 Å². The summed E-state index contributed by atoms with van der Waals surface area (Å²) in [5.41, 5.74) is 0.505. The summed E-state index contributed by atoms with van der Waals surface area (Å²) in [6.45, 7) is 0. The van der Waals surface area contributed by atoms with Gasteiger partial charge >= 0.3 is 0 Å². The number of nitrogens with zero attached hydrogens (tertiary/aromatic N) is 1. The molecule has 0 saturated carbocycles. The molecule has 60 valence electrons. The van der Waals surface area contributed by atoms with Crippen molar-refractivity contribution in [2.45, 2.75) is 0 Å². The molecule has 1 aromatic rings. The van der Waals surface area contributed by atoms with Gasteiger partial charge in [-0.25, -0.2) is 0 Å². The van der Waals surface area contributed by atoms with E-state index in [1.807, 2.05) is 0 Å². The van der Waals surface area contributed by atoms with Crippen LogP contribution < -0.4 is 10.0 Å². The highest BCUT2D eigenvalue weighted by atomic mass is 16.3. The Morgan fingerprint density at radius 3 is 2.45 bits per heavy atom. The van der Waals surface area contributed by atoms with E-state index in [2.05, 4.69) is 0 Å². The minimum absolute atomic E-state index is 0.0761. The standard InChI is InChI=1S/C8H11NO2/c1-9(2)7-5-6(10)3-4-8(7)11/h3-5,10-11H,1-2H3/p-1. The average Bonchev–Trinajstić information content (AvgIpc) is 1.94. The van der Waals surface area contributed by atoms with Crippen LogP contribution in [0.15, 0.2) is 18.2 Å². The second kappa shape index (κ2) is 2.70. The van der Waals surface area contributed by atoms with Gasteiger partial charge in [0.05, 0.1) is 0 Å². The summed E-state index contributed by atoms with van der Waals surface area (Å²) in [6, 6.07) is 4.18. The summed E-state index contributed by atoms with van der Waals surface area (Å²) in [4.78, 5) is 1.67. The lowest BCUT2D eigenvalue weighted by Gasteiger charge is -2.20. The Bertz CT molecular complexity index is 258. The van der Waals surface area contributed by atoms with Gasteiger partial charge in [0.2, 0.25) is 0 Å². The van der Waals surface area contributed by atoms with Crippen LogP contribution in [-0.2, 0) is 0 Å². The molecule has 0 aromatic heterocycles. The molecule has 1 rings (SSSR count). The third kappa shape index (κ3) is 1.55. The number of hydrogen-bond acceptors (Lipinski definition) is 3. The van der Waals surface area contributed by atoms with Crippen molar-refractivity contribution in [1.29, 1.82) is 0 Å². The minimum atomic E-state index is -0.0761. The van der Waals surface area contributed by atoms with E-state index < -0.39 is 0 Å². The molecule has 0 atom stereocenters. The molecule has 11 heavy (non-hydrogen) atoms. The molecule has 0 aliphatic carbocycles. The second-order valence-electron chi connectivity index (χ2n) is 2.55. The van der Waals surface area contributed by atoms with Gasteiger partial charge in [0.25, 0.3) is 0 Å². The van der Waals surface area contributed by atoms with Crippen LogP contribution in [-0.4, -0.2) is 19.2 Å². The Kier molecular flexibility index (Phi) is 1.89. The van der Waals surface area contributed by atoms with Gasteiger partial charge in [-0.3, -0.25) is 0 Å². The van der Waals surface area contributed by atoms with Crippen molar-refractivity contribution in [2.24, 2.45) is 0 Å². The highest BCUT2D eigenvalue weighted by Gasteiger charge is 1.96. The maximum Gasteiger partial charge on any atom is 0.117 e. The molecule has 0 spiro atoms. The number of phenolic OH excluding ortho intramolecular Hbond substituents is 1. The molecular weight excluding hydrogens is 142 g/mol. The van der Waals surface area contributed by atoms with Crippen molar-refractivity contribution in [3.05, 3.63) is 18.2 Å². The quantitative estimate of drug-likeness (QED) is 0.638. The molecule has 0 aliphatic heterocycles. The zero-order valence-corrected chi connectivity index (χ0v) is 6.53. The van der Waals surface area contributed by atoms with Crippen molar-refractivity contribution in [1.82, 2.24) is 0 Å². The molecule has 0 saturated heterocycles. The molecule has 0 radical (unpaired) electrons. The number of aromatic hydroxyl groups is 1. The van der Waals surface area contributed by atoms with Gasteiger partial charge in [-0.2, -0.15) is 0 Å². The second-order valence-corrected chi connectivity index (χ2v) is 2.55. The van der Waals surface area contributed by atoms with E-state index in [9.17, 15) is 5.11 Å². The van der Waals surface area contributed by atoms with Gasteiger partial charge < -0.3 is 15.1 Å². The highest BCUT2D eigenvalue weighted by Crippen LogP contribution is 2.26. The molecule has 1 N–H and O–H groups in total. The smallest absolute Gasteiger partial charge is 0.117 e. The maximum atomic E-state index is 11.1. The first-order valence-electron chi connectivity index (χ1n) is 3.28. The first kappa shape index (κ1) is 7.72. The third-order valence-corrected chi connectivity index (χ3v) is 1.42. The molecule has 3 nitrogen and oxygen atoms in total. The van der Waals surface area contributed by atoms with Gasteiger partial charge in [-0.15, -0.1) is 0 Å². The van der Waals surface area contributed by atoms with Crippen molar-refractivity contribution in [3.63, 3.8) is 0 Å². The molecule has 3 heteroatoms. The lowest BCUT2D eigenvalue weighted by atomic mass is 10.2. The van der Waals surface area contributed by atoms with Crippen molar-refractivity contribution in [2.75, 3.05) is 19.0 Å². The topological polar surface area (TPSA) is 46.5 Å². The average molecular weight is 152 g/mol. The van der Waals surface area contributed by atoms with Crippen LogP contribution in [0, 0.1) is 0 Å². The summed E-state index contributed by atoms with van der Waals surface area (Å²) in [5.74, 6) is 0.0427. The van der Waals surface area contributed by atoms with Crippen molar-refractivity contribution in [3.8, 4) is 11.5 Å². The first-order chi connectivity index (χ1) is 5.11. The predicted molar refractivity (Wildman–Crippen MR) is 41.9 cm³/mol. The normalized spacial score (nSPS) is 9.64. The summed E-state index contributed by atoms with van der Waals surface area (Å²) >= 11 is 0. The predicted octanol–water partition coefficient (Wildman–Crippen LogP) is 0.532. The van der Waals surface area contributed by atoms with Gasteiger partial charge in [0, 0.05) is 25.8 Å². The lowest BCUT2D eigenvalue weighted by Crippen LogP contribution is -2.11. The monoisotopic (exact) mass is 152 g/mol. The van der Waals surface area contributed by atoms with Crippen LogP contribution >= 0.6 is 0 Å². The van der Waals surface area contributed by atoms with Gasteiger partial charge in [-0.05, 0) is 6.07 Å². The third-order valence-electron chi connectivity index (χ3n) is 1.42. The Morgan fingerprint density at radius 1 is 1.36 bits per heavy atom. The molecule has 0 bridgehead atoms. The Hall–Kier alpha value is -1.38. The van der Waals surface area contributed by atoms with Crippen LogP contribution in [0.25, 0.3) is 0 Å². The molecule has 0 heterocycles. The fourth-order valence-electron chi connectivity index (χ4n) is 0.855. The summed E-state index contributed by atoms with van der Waals surface area (Å²) in [7, 11) is 3.52. The fourth-order valence-corrected chi connectivity index (χ4v) is 0.855. The lowest BCUT2D eigenvalue weighted by molar-refractivity contribution is -0.267. The first-order valence-corrected chi connectivity index (χ1v) is 3.28. The fraction of sp³-hybridized carbons (Fsp3) is 0.250. The molecular formula is C8H10NO2-. The van der Waals surface area contributed by atoms with Crippen LogP contribution in [0.5, 0.6) is 11.5 Å². The van der Waals surface area contributed by atoms with Crippen molar-refractivity contribution < 1.29 is 10.2 Å². The van der Waals surface area contributed by atoms with E-state index in [4.69, 9.17) is 5.11 Å². The van der Waals surface area contributed by atoms with Gasteiger partial charge in [0.1, 0.15) is 5.75 Å². The van der Waals surface area contributed by atoms with E-state index in [0.29, 0.717) is 5.69 Å². The van der Waals surface area contributed by atoms with Crippen LogP contribution in [0.4, 0.5) is 5.69 Å². The summed E-state index contributed by atoms with van der Waals surface area (Å²) in [5, 5.41) is 20.1. The highest BCUT2D eigenvalue weighted by molar-refractivity contribution is 5.58. The van der Waals surface area contributed by atoms with E-state index >= 15 is 0 Å². The number of anilines is 1. The maximum absolute atomic E-state index is 11.1. The van der Waals surface area contributed by atoms with Gasteiger partial charge in [-0.1, -0.05) is 11.8 Å². The summed E-state index contributed by atoms with van der Waals surface area (Å²) in [6.07, 6.45) is 0. The molecule has 1 aromatic carbocycles. The largest absolute Gasteiger partial charge is 0.871 e. The molecule has 0 aliphatic rings. The van der Waals surface area contributed by atoms with E-state index in [1.165, 1.54) is 18.2 Å². The molecule has 0 unspecified atom stereocenters. The summed E-state index contributed by atoms with van der Waals surface area (Å²) < 4.78 is 0. The molecule has 0 amide bonds.